The summed E-state index contributed by atoms with van der Waals surface area (Å²) in [7, 11) is 1.32. The predicted molar refractivity (Wildman–Crippen MR) is 321 cm³/mol. The summed E-state index contributed by atoms with van der Waals surface area (Å²) >= 11 is 0. The van der Waals surface area contributed by atoms with Crippen LogP contribution in [0.5, 0.6) is 0 Å². The first-order chi connectivity index (χ1) is 36.0. The Labute approximate surface area is 462 Å². The summed E-state index contributed by atoms with van der Waals surface area (Å²) in [5.41, 5.74) is 0. The summed E-state index contributed by atoms with van der Waals surface area (Å²) in [5.74, 6) is -0.157. The second-order valence-electron chi connectivity index (χ2n) is 24.2. The number of quaternary nitrogens is 1. The molecule has 9 heteroatoms. The van der Waals surface area contributed by atoms with Crippen molar-refractivity contribution in [2.75, 3.05) is 40.9 Å². The van der Waals surface area contributed by atoms with E-state index in [-0.39, 0.29) is 19.1 Å². The molecule has 0 fully saturated rings. The first-order valence-electron chi connectivity index (χ1n) is 33.0. The average Bonchev–Trinajstić information content (AvgIpc) is 3.36. The maximum absolute atomic E-state index is 13.0. The van der Waals surface area contributed by atoms with Crippen LogP contribution in [0.2, 0.25) is 0 Å². The van der Waals surface area contributed by atoms with E-state index in [2.05, 4.69) is 31.3 Å². The number of nitrogens with zero attached hydrogens (tertiary/aromatic N) is 1. The van der Waals surface area contributed by atoms with Crippen molar-refractivity contribution in [1.29, 1.82) is 0 Å². The molecule has 1 amide bonds. The molecule has 3 unspecified atom stereocenters. The molecule has 0 aliphatic heterocycles. The number of carbonyl (C=O) groups is 1. The zero-order valence-corrected chi connectivity index (χ0v) is 51.5. The number of hydrogen-bond acceptors (Lipinski definition) is 6. The minimum atomic E-state index is -4.57. The van der Waals surface area contributed by atoms with E-state index >= 15 is 0 Å². The number of phosphoric acid groups is 1. The molecule has 0 rings (SSSR count). The standard InChI is InChI=1S/C65H131N2O6P/c1-6-8-10-12-14-16-18-20-21-22-23-24-25-26-27-28-29-30-31-32-33-34-35-36-37-38-39-40-41-42-43-44-45-47-49-51-53-55-57-59-65(69)66-63(62-73-74(70,71)72-61-60-67(3,4)5)64(68)58-56-54-52-50-48-46-19-17-15-13-11-9-7-2/h22-23,63-64,68H,6-21,24-62H2,1-5H3,(H-,66,69,70,71)/b23-22-. The highest BCUT2D eigenvalue weighted by atomic mass is 31.2. The highest BCUT2D eigenvalue weighted by Gasteiger charge is 2.24. The molecule has 442 valence electrons. The molecular formula is C65H131N2O6P. The molecule has 0 aliphatic carbocycles. The lowest BCUT2D eigenvalue weighted by Gasteiger charge is -2.30. The highest BCUT2D eigenvalue weighted by molar-refractivity contribution is 7.45. The molecule has 0 aliphatic rings. The third kappa shape index (κ3) is 58.9. The van der Waals surface area contributed by atoms with Gasteiger partial charge < -0.3 is 28.8 Å². The molecule has 0 aromatic carbocycles. The molecule has 0 radical (unpaired) electrons. The Balaban J connectivity index is 3.81. The molecule has 0 bridgehead atoms. The van der Waals surface area contributed by atoms with Crippen LogP contribution in [0.25, 0.3) is 0 Å². The van der Waals surface area contributed by atoms with Gasteiger partial charge in [0.1, 0.15) is 13.2 Å². The minimum Gasteiger partial charge on any atom is -0.756 e. The first-order valence-corrected chi connectivity index (χ1v) is 34.5. The number of amides is 1. The Morgan fingerprint density at radius 2 is 0.743 bits per heavy atom. The second kappa shape index (κ2) is 56.9. The monoisotopic (exact) mass is 1070 g/mol. The van der Waals surface area contributed by atoms with Gasteiger partial charge in [0.05, 0.1) is 39.9 Å². The summed E-state index contributed by atoms with van der Waals surface area (Å²) in [5, 5.41) is 14.0. The maximum atomic E-state index is 13.0. The number of aliphatic hydroxyl groups is 1. The van der Waals surface area contributed by atoms with Gasteiger partial charge in [-0.05, 0) is 38.5 Å². The topological polar surface area (TPSA) is 108 Å². The lowest BCUT2D eigenvalue weighted by atomic mass is 10.0. The molecule has 0 heterocycles. The maximum Gasteiger partial charge on any atom is 0.268 e. The Bertz CT molecular complexity index is 1210. The van der Waals surface area contributed by atoms with Gasteiger partial charge in [0.2, 0.25) is 5.91 Å². The van der Waals surface area contributed by atoms with Crippen LogP contribution < -0.4 is 10.2 Å². The van der Waals surface area contributed by atoms with E-state index < -0.39 is 20.0 Å². The average molecular weight is 1070 g/mol. The van der Waals surface area contributed by atoms with Gasteiger partial charge in [0, 0.05) is 6.42 Å². The Morgan fingerprint density at radius 3 is 1.05 bits per heavy atom. The van der Waals surface area contributed by atoms with Crippen LogP contribution >= 0.6 is 7.82 Å². The zero-order valence-electron chi connectivity index (χ0n) is 50.6. The van der Waals surface area contributed by atoms with Crippen LogP contribution in [-0.2, 0) is 18.4 Å². The van der Waals surface area contributed by atoms with E-state index in [0.29, 0.717) is 23.9 Å². The van der Waals surface area contributed by atoms with E-state index in [1.165, 1.54) is 283 Å². The third-order valence-corrected chi connectivity index (χ3v) is 16.5. The molecule has 3 atom stereocenters. The Kier molecular flexibility index (Phi) is 56.4. The van der Waals surface area contributed by atoms with E-state index in [9.17, 15) is 19.4 Å². The largest absolute Gasteiger partial charge is 0.756 e. The molecular weight excluding hydrogens is 936 g/mol. The van der Waals surface area contributed by atoms with E-state index in [1.54, 1.807) is 0 Å². The number of nitrogens with one attached hydrogen (secondary N) is 1. The fourth-order valence-electron chi connectivity index (χ4n) is 10.3. The normalized spacial score (nSPS) is 13.8. The Morgan fingerprint density at radius 1 is 0.459 bits per heavy atom. The van der Waals surface area contributed by atoms with E-state index in [0.717, 1.165) is 38.5 Å². The SMILES string of the molecule is CCCCCCCCCC/C=C\CCCCCCCCCCCCCCCCCCCCCCCCCCCCCC(=O)NC(COP(=O)([O-])OCC[N+](C)(C)C)C(O)CCCCCCCCCCCCCCC. The number of aliphatic hydroxyl groups excluding tert-OH is 1. The van der Waals surface area contributed by atoms with Crippen LogP contribution in [0.4, 0.5) is 0 Å². The van der Waals surface area contributed by atoms with Crippen molar-refractivity contribution in [2.24, 2.45) is 0 Å². The van der Waals surface area contributed by atoms with Crippen LogP contribution in [0, 0.1) is 0 Å². The van der Waals surface area contributed by atoms with Crippen LogP contribution in [0.1, 0.15) is 348 Å². The number of likely N-dealkylation sites (N-methyl/N-ethyl adjacent to an activating group) is 1. The second-order valence-corrected chi connectivity index (χ2v) is 25.6. The molecule has 0 saturated heterocycles. The van der Waals surface area contributed by atoms with Crippen molar-refractivity contribution in [3.05, 3.63) is 12.2 Å². The molecule has 0 aromatic rings. The molecule has 8 nitrogen and oxygen atoms in total. The summed E-state index contributed by atoms with van der Waals surface area (Å²) in [6, 6.07) is -0.796. The van der Waals surface area contributed by atoms with Gasteiger partial charge in [0.25, 0.3) is 7.82 Å². The highest BCUT2D eigenvalue weighted by Crippen LogP contribution is 2.38. The van der Waals surface area contributed by atoms with Gasteiger partial charge in [-0.15, -0.1) is 0 Å². The van der Waals surface area contributed by atoms with Gasteiger partial charge in [-0.2, -0.15) is 0 Å². The number of hydrogen-bond donors (Lipinski definition) is 2. The van der Waals surface area contributed by atoms with Gasteiger partial charge in [0.15, 0.2) is 0 Å². The fraction of sp³-hybridized carbons (Fsp3) is 0.954. The number of rotatable bonds is 62. The lowest BCUT2D eigenvalue weighted by Crippen LogP contribution is -2.46. The third-order valence-electron chi connectivity index (χ3n) is 15.5. The van der Waals surface area contributed by atoms with Gasteiger partial charge in [-0.25, -0.2) is 0 Å². The zero-order chi connectivity index (χ0) is 54.2. The summed E-state index contributed by atoms with van der Waals surface area (Å²) in [6.45, 7) is 4.76. The fourth-order valence-corrected chi connectivity index (χ4v) is 11.1. The number of phosphoric ester groups is 1. The minimum absolute atomic E-state index is 0.0158. The van der Waals surface area contributed by atoms with Crippen LogP contribution in [0.15, 0.2) is 12.2 Å². The van der Waals surface area contributed by atoms with Gasteiger partial charge in [-0.1, -0.05) is 315 Å². The Hall–Kier alpha value is -0.760. The van der Waals surface area contributed by atoms with Crippen molar-refractivity contribution in [2.45, 2.75) is 360 Å². The van der Waals surface area contributed by atoms with Crippen molar-refractivity contribution in [3.8, 4) is 0 Å². The van der Waals surface area contributed by atoms with Crippen molar-refractivity contribution in [3.63, 3.8) is 0 Å². The molecule has 0 saturated carbocycles. The van der Waals surface area contributed by atoms with Crippen molar-refractivity contribution >= 4 is 13.7 Å². The van der Waals surface area contributed by atoms with Crippen LogP contribution in [0.3, 0.4) is 0 Å². The molecule has 2 N–H and O–H groups in total. The lowest BCUT2D eigenvalue weighted by molar-refractivity contribution is -0.870. The van der Waals surface area contributed by atoms with Crippen LogP contribution in [-0.4, -0.2) is 68.5 Å². The quantitative estimate of drug-likeness (QED) is 0.0272. The van der Waals surface area contributed by atoms with Gasteiger partial charge >= 0.3 is 0 Å². The molecule has 0 spiro atoms. The summed E-state index contributed by atoms with van der Waals surface area (Å²) in [4.78, 5) is 25.5. The predicted octanol–water partition coefficient (Wildman–Crippen LogP) is 19.9. The molecule has 0 aromatic heterocycles. The van der Waals surface area contributed by atoms with Gasteiger partial charge in [-0.3, -0.25) is 9.36 Å². The smallest absolute Gasteiger partial charge is 0.268 e. The molecule has 74 heavy (non-hydrogen) atoms. The number of carbonyl (C=O) groups excluding carboxylic acids is 1. The van der Waals surface area contributed by atoms with Crippen molar-refractivity contribution < 1.29 is 32.9 Å². The van der Waals surface area contributed by atoms with E-state index in [4.69, 9.17) is 9.05 Å². The van der Waals surface area contributed by atoms with Crippen molar-refractivity contribution in [1.82, 2.24) is 5.32 Å². The first kappa shape index (κ1) is 73.2. The summed E-state index contributed by atoms with van der Waals surface area (Å²) in [6.07, 6.45) is 71.6. The number of unbranched alkanes of at least 4 members (excludes halogenated alkanes) is 47. The summed E-state index contributed by atoms with van der Waals surface area (Å²) < 4.78 is 23.4. The number of allylic oxidation sites excluding steroid dienone is 2. The van der Waals surface area contributed by atoms with E-state index in [1.807, 2.05) is 21.1 Å².